The highest BCUT2D eigenvalue weighted by atomic mass is 79.9. The summed E-state index contributed by atoms with van der Waals surface area (Å²) in [6.45, 7) is 4.17. The highest BCUT2D eigenvalue weighted by Gasteiger charge is 2.34. The lowest BCUT2D eigenvalue weighted by Gasteiger charge is -2.18. The van der Waals surface area contributed by atoms with Gasteiger partial charge >= 0.3 is 7.60 Å². The van der Waals surface area contributed by atoms with Crippen LogP contribution in [0.5, 0.6) is 0 Å². The van der Waals surface area contributed by atoms with E-state index in [0.29, 0.717) is 5.44 Å². The first kappa shape index (κ1) is 17.4. The number of hydrogen-bond acceptors (Lipinski definition) is 4. The highest BCUT2D eigenvalue weighted by Crippen LogP contribution is 2.49. The van der Waals surface area contributed by atoms with Crippen LogP contribution in [0.2, 0.25) is 0 Å². The molecule has 1 heterocycles. The standard InChI is InChI=1S/C17H18BrN2O3P/c1-3-22-24(21,23-4-2)17-15-12-13(18)10-11-16(15)19-20(17)14-8-6-5-7-9-14/h5-12H,3-4H2,1-2H3. The van der Waals surface area contributed by atoms with E-state index in [2.05, 4.69) is 21.0 Å². The molecular formula is C17H18BrN2O3P. The fourth-order valence-electron chi connectivity index (χ4n) is 2.56. The van der Waals surface area contributed by atoms with Gasteiger partial charge in [0, 0.05) is 9.86 Å². The van der Waals surface area contributed by atoms with Crippen LogP contribution >= 0.6 is 23.5 Å². The first-order valence-electron chi connectivity index (χ1n) is 7.72. The molecule has 0 fully saturated rings. The van der Waals surface area contributed by atoms with Crippen LogP contribution in [0.4, 0.5) is 0 Å². The van der Waals surface area contributed by atoms with E-state index in [0.717, 1.165) is 21.1 Å². The summed E-state index contributed by atoms with van der Waals surface area (Å²) in [5.41, 5.74) is 1.99. The van der Waals surface area contributed by atoms with E-state index in [9.17, 15) is 4.57 Å². The van der Waals surface area contributed by atoms with Gasteiger partial charge in [0.05, 0.1) is 24.4 Å². The molecule has 0 aliphatic heterocycles. The van der Waals surface area contributed by atoms with Crippen LogP contribution in [0.25, 0.3) is 16.6 Å². The molecule has 0 amide bonds. The number of halogens is 1. The number of hydrogen-bond donors (Lipinski definition) is 0. The second kappa shape index (κ2) is 7.19. The van der Waals surface area contributed by atoms with E-state index >= 15 is 0 Å². The third kappa shape index (κ3) is 3.20. The van der Waals surface area contributed by atoms with Gasteiger partial charge in [-0.2, -0.15) is 5.10 Å². The summed E-state index contributed by atoms with van der Waals surface area (Å²) in [6, 6.07) is 15.2. The van der Waals surface area contributed by atoms with Gasteiger partial charge in [0.25, 0.3) is 0 Å². The number of nitrogens with zero attached hydrogens (tertiary/aromatic N) is 2. The fourth-order valence-corrected chi connectivity index (χ4v) is 4.78. The quantitative estimate of drug-likeness (QED) is 0.555. The topological polar surface area (TPSA) is 53.4 Å². The summed E-state index contributed by atoms with van der Waals surface area (Å²) in [6.07, 6.45) is 0. The average molecular weight is 409 g/mol. The molecule has 5 nitrogen and oxygen atoms in total. The average Bonchev–Trinajstić information content (AvgIpc) is 2.95. The van der Waals surface area contributed by atoms with E-state index in [1.807, 2.05) is 48.5 Å². The van der Waals surface area contributed by atoms with Crippen molar-refractivity contribution in [1.82, 2.24) is 9.78 Å². The van der Waals surface area contributed by atoms with Crippen molar-refractivity contribution in [3.8, 4) is 5.69 Å². The van der Waals surface area contributed by atoms with Crippen molar-refractivity contribution in [2.24, 2.45) is 0 Å². The number of aromatic nitrogens is 2. The lowest BCUT2D eigenvalue weighted by Crippen LogP contribution is -2.20. The third-order valence-corrected chi connectivity index (χ3v) is 6.10. The van der Waals surface area contributed by atoms with Crippen molar-refractivity contribution < 1.29 is 13.6 Å². The molecule has 126 valence electrons. The van der Waals surface area contributed by atoms with Gasteiger partial charge in [-0.1, -0.05) is 34.1 Å². The van der Waals surface area contributed by atoms with Gasteiger partial charge in [-0.05, 0) is 44.2 Å². The first-order valence-corrected chi connectivity index (χ1v) is 10.1. The van der Waals surface area contributed by atoms with Gasteiger partial charge in [-0.15, -0.1) is 0 Å². The lowest BCUT2D eigenvalue weighted by molar-refractivity contribution is 0.229. The Kier molecular flexibility index (Phi) is 5.21. The van der Waals surface area contributed by atoms with Crippen molar-refractivity contribution in [2.75, 3.05) is 13.2 Å². The molecule has 3 rings (SSSR count). The minimum Gasteiger partial charge on any atom is -0.304 e. The van der Waals surface area contributed by atoms with Crippen LogP contribution in [-0.2, 0) is 13.6 Å². The Morgan fingerprint density at radius 1 is 1.08 bits per heavy atom. The summed E-state index contributed by atoms with van der Waals surface area (Å²) >= 11 is 3.47. The van der Waals surface area contributed by atoms with Crippen LogP contribution in [0.3, 0.4) is 0 Å². The smallest absolute Gasteiger partial charge is 0.304 e. The zero-order chi connectivity index (χ0) is 17.2. The van der Waals surface area contributed by atoms with E-state index in [1.54, 1.807) is 18.5 Å². The zero-order valence-corrected chi connectivity index (χ0v) is 16.0. The Morgan fingerprint density at radius 3 is 2.38 bits per heavy atom. The van der Waals surface area contributed by atoms with Gasteiger partial charge in [-0.25, -0.2) is 4.68 Å². The predicted octanol–water partition coefficient (Wildman–Crippen LogP) is 4.68. The molecule has 1 aromatic heterocycles. The van der Waals surface area contributed by atoms with Crippen LogP contribution in [0, 0.1) is 0 Å². The predicted molar refractivity (Wildman–Crippen MR) is 99.3 cm³/mol. The molecule has 0 radical (unpaired) electrons. The molecule has 0 unspecified atom stereocenters. The summed E-state index contributed by atoms with van der Waals surface area (Å²) in [5.74, 6) is 0. The SMILES string of the molecule is CCOP(=O)(OCC)c1c2cc(Br)ccc2nn1-c1ccccc1. The molecule has 0 bridgehead atoms. The monoisotopic (exact) mass is 408 g/mol. The number of para-hydroxylation sites is 1. The molecule has 0 atom stereocenters. The highest BCUT2D eigenvalue weighted by molar-refractivity contribution is 9.10. The molecule has 2 aromatic carbocycles. The van der Waals surface area contributed by atoms with Crippen LogP contribution in [-0.4, -0.2) is 23.0 Å². The zero-order valence-electron chi connectivity index (χ0n) is 13.5. The number of fused-ring (bicyclic) bond motifs is 1. The Hall–Kier alpha value is -1.46. The Balaban J connectivity index is 2.34. The second-order valence-electron chi connectivity index (χ2n) is 5.07. The number of benzene rings is 2. The van der Waals surface area contributed by atoms with Crippen molar-refractivity contribution in [2.45, 2.75) is 13.8 Å². The van der Waals surface area contributed by atoms with E-state index in [4.69, 9.17) is 9.05 Å². The molecule has 24 heavy (non-hydrogen) atoms. The maximum absolute atomic E-state index is 13.5. The van der Waals surface area contributed by atoms with Crippen molar-refractivity contribution in [3.63, 3.8) is 0 Å². The van der Waals surface area contributed by atoms with Crippen LogP contribution < -0.4 is 5.44 Å². The summed E-state index contributed by atoms with van der Waals surface area (Å²) in [5, 5.41) is 5.37. The largest absolute Gasteiger partial charge is 0.380 e. The summed E-state index contributed by atoms with van der Waals surface area (Å²) < 4.78 is 27.2. The van der Waals surface area contributed by atoms with Crippen molar-refractivity contribution in [1.29, 1.82) is 0 Å². The van der Waals surface area contributed by atoms with E-state index < -0.39 is 7.60 Å². The van der Waals surface area contributed by atoms with Crippen LogP contribution in [0.1, 0.15) is 13.8 Å². The molecule has 0 N–H and O–H groups in total. The van der Waals surface area contributed by atoms with Gasteiger partial charge < -0.3 is 9.05 Å². The Bertz CT molecular complexity index is 885. The molecule has 0 saturated carbocycles. The summed E-state index contributed by atoms with van der Waals surface area (Å²) in [7, 11) is -3.51. The summed E-state index contributed by atoms with van der Waals surface area (Å²) in [4.78, 5) is 0. The van der Waals surface area contributed by atoms with Crippen molar-refractivity contribution >= 4 is 39.9 Å². The van der Waals surface area contributed by atoms with Crippen LogP contribution in [0.15, 0.2) is 53.0 Å². The molecule has 3 aromatic rings. The fraction of sp³-hybridized carbons (Fsp3) is 0.235. The molecule has 0 aliphatic carbocycles. The van der Waals surface area contributed by atoms with E-state index in [-0.39, 0.29) is 13.2 Å². The minimum atomic E-state index is -3.51. The molecule has 0 spiro atoms. The Morgan fingerprint density at radius 2 is 1.75 bits per heavy atom. The van der Waals surface area contributed by atoms with Crippen molar-refractivity contribution in [3.05, 3.63) is 53.0 Å². The van der Waals surface area contributed by atoms with Gasteiger partial charge in [-0.3, -0.25) is 4.57 Å². The minimum absolute atomic E-state index is 0.284. The van der Waals surface area contributed by atoms with E-state index in [1.165, 1.54) is 0 Å². The molecule has 7 heteroatoms. The molecule has 0 aliphatic rings. The van der Waals surface area contributed by atoms with Gasteiger partial charge in [0.15, 0.2) is 5.44 Å². The number of rotatable bonds is 6. The first-order chi connectivity index (χ1) is 11.6. The molecule has 0 saturated heterocycles. The maximum atomic E-state index is 13.5. The normalized spacial score (nSPS) is 12.0. The second-order valence-corrected chi connectivity index (χ2v) is 7.92. The lowest BCUT2D eigenvalue weighted by atomic mass is 10.2. The van der Waals surface area contributed by atoms with Gasteiger partial charge in [0.1, 0.15) is 0 Å². The van der Waals surface area contributed by atoms with Gasteiger partial charge in [0.2, 0.25) is 0 Å². The molecular weight excluding hydrogens is 391 g/mol. The Labute approximate surface area is 149 Å². The third-order valence-electron chi connectivity index (χ3n) is 3.47. The maximum Gasteiger partial charge on any atom is 0.380 e.